The van der Waals surface area contributed by atoms with E-state index in [0.29, 0.717) is 12.5 Å². The molecule has 0 heterocycles. The van der Waals surface area contributed by atoms with Gasteiger partial charge >= 0.3 is 12.3 Å². The highest BCUT2D eigenvalue weighted by molar-refractivity contribution is 5.70. The van der Waals surface area contributed by atoms with Crippen molar-refractivity contribution in [3.05, 3.63) is 29.8 Å². The molecule has 1 fully saturated rings. The van der Waals surface area contributed by atoms with Crippen LogP contribution in [-0.4, -0.2) is 50.1 Å². The molecule has 1 saturated carbocycles. The van der Waals surface area contributed by atoms with Crippen LogP contribution in [0, 0.1) is 11.8 Å². The lowest BCUT2D eigenvalue weighted by molar-refractivity contribution is -0.137. The number of carbonyl (C=O) groups excluding carboxylic acids is 1. The minimum atomic E-state index is -4.40. The van der Waals surface area contributed by atoms with Crippen molar-refractivity contribution < 1.29 is 22.7 Å². The zero-order valence-electron chi connectivity index (χ0n) is 18.4. The zero-order chi connectivity index (χ0) is 22.1. The second-order valence-corrected chi connectivity index (χ2v) is 8.81. The van der Waals surface area contributed by atoms with Crippen molar-refractivity contribution in [2.24, 2.45) is 11.8 Å². The summed E-state index contributed by atoms with van der Waals surface area (Å²) < 4.78 is 43.1. The van der Waals surface area contributed by atoms with Crippen LogP contribution in [0.4, 0.5) is 18.0 Å². The summed E-state index contributed by atoms with van der Waals surface area (Å²) in [4.78, 5) is 16.0. The third kappa shape index (κ3) is 8.54. The highest BCUT2D eigenvalue weighted by atomic mass is 19.4. The maximum absolute atomic E-state index is 12.6. The first-order valence-electron chi connectivity index (χ1n) is 10.9. The molecule has 0 N–H and O–H groups in total. The first kappa shape index (κ1) is 24.5. The number of rotatable bonds is 9. The Morgan fingerprint density at radius 1 is 0.967 bits per heavy atom. The Labute approximate surface area is 178 Å². The van der Waals surface area contributed by atoms with Gasteiger partial charge in [0.25, 0.3) is 0 Å². The molecule has 1 amide bonds. The van der Waals surface area contributed by atoms with Crippen molar-refractivity contribution in [1.82, 2.24) is 9.80 Å². The molecule has 0 spiro atoms. The SMILES string of the molecule is CN(C)CCCCCC1CCC(CN(C)C(=O)Oc2ccc(C(F)(F)F)cc2)CC1. The van der Waals surface area contributed by atoms with E-state index in [0.717, 1.165) is 37.4 Å². The van der Waals surface area contributed by atoms with E-state index in [1.54, 1.807) is 7.05 Å². The topological polar surface area (TPSA) is 32.8 Å². The van der Waals surface area contributed by atoms with Gasteiger partial charge in [-0.3, -0.25) is 0 Å². The summed E-state index contributed by atoms with van der Waals surface area (Å²) in [7, 11) is 5.90. The van der Waals surface area contributed by atoms with Gasteiger partial charge in [-0.25, -0.2) is 4.79 Å². The number of ether oxygens (including phenoxy) is 1. The Kier molecular flexibility index (Phi) is 9.46. The highest BCUT2D eigenvalue weighted by Gasteiger charge is 2.30. The van der Waals surface area contributed by atoms with E-state index in [4.69, 9.17) is 4.74 Å². The van der Waals surface area contributed by atoms with E-state index in [2.05, 4.69) is 19.0 Å². The van der Waals surface area contributed by atoms with Crippen molar-refractivity contribution in [3.8, 4) is 5.75 Å². The van der Waals surface area contributed by atoms with Gasteiger partial charge in [0.15, 0.2) is 0 Å². The summed E-state index contributed by atoms with van der Waals surface area (Å²) in [6.07, 6.45) is 4.85. The third-order valence-electron chi connectivity index (χ3n) is 5.91. The van der Waals surface area contributed by atoms with Crippen LogP contribution >= 0.6 is 0 Å². The molecule has 1 aromatic carbocycles. The summed E-state index contributed by atoms with van der Waals surface area (Å²) in [6.45, 7) is 1.77. The fourth-order valence-corrected chi connectivity index (χ4v) is 4.09. The minimum absolute atomic E-state index is 0.123. The van der Waals surface area contributed by atoms with Gasteiger partial charge < -0.3 is 14.5 Å². The lowest BCUT2D eigenvalue weighted by Gasteiger charge is -2.31. The van der Waals surface area contributed by atoms with Gasteiger partial charge in [-0.1, -0.05) is 32.1 Å². The summed E-state index contributed by atoms with van der Waals surface area (Å²) in [5, 5.41) is 0. The van der Waals surface area contributed by atoms with E-state index in [1.165, 1.54) is 55.6 Å². The number of carbonyl (C=O) groups is 1. The number of hydrogen-bond acceptors (Lipinski definition) is 3. The van der Waals surface area contributed by atoms with Crippen molar-refractivity contribution >= 4 is 6.09 Å². The fraction of sp³-hybridized carbons (Fsp3) is 0.696. The number of halogens is 3. The lowest BCUT2D eigenvalue weighted by atomic mass is 9.79. The van der Waals surface area contributed by atoms with Crippen LogP contribution in [0.25, 0.3) is 0 Å². The van der Waals surface area contributed by atoms with Crippen LogP contribution in [0.2, 0.25) is 0 Å². The van der Waals surface area contributed by atoms with Crippen molar-refractivity contribution in [1.29, 1.82) is 0 Å². The number of unbranched alkanes of at least 4 members (excludes halogenated alkanes) is 2. The van der Waals surface area contributed by atoms with Crippen LogP contribution in [0.5, 0.6) is 5.75 Å². The minimum Gasteiger partial charge on any atom is -0.410 e. The Morgan fingerprint density at radius 2 is 1.57 bits per heavy atom. The molecule has 1 aliphatic rings. The van der Waals surface area contributed by atoms with Crippen LogP contribution < -0.4 is 4.74 Å². The molecule has 0 saturated heterocycles. The Balaban J connectivity index is 1.66. The molecule has 1 aliphatic carbocycles. The summed E-state index contributed by atoms with van der Waals surface area (Å²) >= 11 is 0. The zero-order valence-corrected chi connectivity index (χ0v) is 18.4. The van der Waals surface area contributed by atoms with E-state index >= 15 is 0 Å². The molecule has 0 aliphatic heterocycles. The van der Waals surface area contributed by atoms with Gasteiger partial charge in [-0.2, -0.15) is 13.2 Å². The molecule has 30 heavy (non-hydrogen) atoms. The van der Waals surface area contributed by atoms with Gasteiger partial charge in [-0.05, 0) is 76.0 Å². The van der Waals surface area contributed by atoms with Gasteiger partial charge in [0.2, 0.25) is 0 Å². The average Bonchev–Trinajstić information content (AvgIpc) is 2.68. The average molecular weight is 429 g/mol. The van der Waals surface area contributed by atoms with Gasteiger partial charge in [-0.15, -0.1) is 0 Å². The number of nitrogens with zero attached hydrogens (tertiary/aromatic N) is 2. The van der Waals surface area contributed by atoms with E-state index < -0.39 is 17.8 Å². The lowest BCUT2D eigenvalue weighted by Crippen LogP contribution is -2.35. The number of amides is 1. The van der Waals surface area contributed by atoms with Crippen LogP contribution in [0.15, 0.2) is 24.3 Å². The normalized spacial score (nSPS) is 19.7. The molecular weight excluding hydrogens is 393 g/mol. The fourth-order valence-electron chi connectivity index (χ4n) is 4.09. The molecule has 0 radical (unpaired) electrons. The molecule has 7 heteroatoms. The monoisotopic (exact) mass is 428 g/mol. The molecule has 4 nitrogen and oxygen atoms in total. The molecule has 2 rings (SSSR count). The standard InChI is InChI=1S/C23H35F3N2O2/c1-27(2)16-6-4-5-7-18-8-10-19(11-9-18)17-28(3)22(29)30-21-14-12-20(13-15-21)23(24,25)26/h12-15,18-19H,4-11,16-17H2,1-3H3. The molecule has 1 aromatic rings. The number of hydrogen-bond donors (Lipinski definition) is 0. The van der Waals surface area contributed by atoms with Gasteiger partial charge in [0, 0.05) is 13.6 Å². The van der Waals surface area contributed by atoms with Crippen molar-refractivity contribution in [3.63, 3.8) is 0 Å². The predicted molar refractivity (Wildman–Crippen MR) is 113 cm³/mol. The number of alkyl halides is 3. The van der Waals surface area contributed by atoms with E-state index in [-0.39, 0.29) is 5.75 Å². The highest BCUT2D eigenvalue weighted by Crippen LogP contribution is 2.33. The van der Waals surface area contributed by atoms with Crippen LogP contribution in [0.3, 0.4) is 0 Å². The van der Waals surface area contributed by atoms with Crippen molar-refractivity contribution in [2.75, 3.05) is 34.2 Å². The first-order valence-corrected chi connectivity index (χ1v) is 10.9. The van der Waals surface area contributed by atoms with E-state index in [1.807, 2.05) is 0 Å². The first-order chi connectivity index (χ1) is 14.1. The predicted octanol–water partition coefficient (Wildman–Crippen LogP) is 6.06. The molecule has 0 aromatic heterocycles. The van der Waals surface area contributed by atoms with E-state index in [9.17, 15) is 18.0 Å². The third-order valence-corrected chi connectivity index (χ3v) is 5.91. The maximum atomic E-state index is 12.6. The van der Waals surface area contributed by atoms with Crippen LogP contribution in [-0.2, 0) is 6.18 Å². The smallest absolute Gasteiger partial charge is 0.410 e. The quantitative estimate of drug-likeness (QED) is 0.448. The number of benzene rings is 1. The van der Waals surface area contributed by atoms with Gasteiger partial charge in [0.1, 0.15) is 5.75 Å². The Bertz CT molecular complexity index is 639. The molecule has 0 unspecified atom stereocenters. The Hall–Kier alpha value is -1.76. The molecule has 0 atom stereocenters. The van der Waals surface area contributed by atoms with Gasteiger partial charge in [0.05, 0.1) is 5.56 Å². The molecule has 0 bridgehead atoms. The summed E-state index contributed by atoms with van der Waals surface area (Å²) in [5.41, 5.74) is -0.759. The second-order valence-electron chi connectivity index (χ2n) is 8.81. The summed E-state index contributed by atoms with van der Waals surface area (Å²) in [5.74, 6) is 1.38. The van der Waals surface area contributed by atoms with Crippen LogP contribution in [0.1, 0.15) is 56.9 Å². The molecular formula is C23H35F3N2O2. The van der Waals surface area contributed by atoms with Crippen molar-refractivity contribution in [2.45, 2.75) is 57.5 Å². The second kappa shape index (κ2) is 11.6. The molecule has 170 valence electrons. The largest absolute Gasteiger partial charge is 0.416 e. The maximum Gasteiger partial charge on any atom is 0.416 e. The summed E-state index contributed by atoms with van der Waals surface area (Å²) in [6, 6.07) is 4.20. The Morgan fingerprint density at radius 3 is 2.13 bits per heavy atom.